The van der Waals surface area contributed by atoms with Gasteiger partial charge in [0.25, 0.3) is 0 Å². The minimum absolute atomic E-state index is 0.0286. The van der Waals surface area contributed by atoms with Gasteiger partial charge in [-0.25, -0.2) is 0 Å². The third kappa shape index (κ3) is 6.78. The van der Waals surface area contributed by atoms with Crippen LogP contribution in [0.5, 0.6) is 17.2 Å². The van der Waals surface area contributed by atoms with Crippen LogP contribution in [0.1, 0.15) is 29.5 Å². The van der Waals surface area contributed by atoms with E-state index in [1.807, 2.05) is 73.4 Å². The molecule has 0 radical (unpaired) electrons. The molecule has 2 N–H and O–H groups in total. The molecule has 1 aliphatic rings. The van der Waals surface area contributed by atoms with Crippen LogP contribution in [0.25, 0.3) is 0 Å². The molecule has 2 atom stereocenters. The Bertz CT molecular complexity index is 1130. The molecular weight excluding hydrogens is 458 g/mol. The fraction of sp³-hybridized carbons (Fsp3) is 0.464. The Kier molecular flexibility index (Phi) is 8.51. The molecule has 194 valence electrons. The SMILES string of the molecule is COc1ccc(CN2CC[C@H](O)[C@@](O)(COc3cccc(C)c3)C2)cc1OCCCn1cc(C)cn1. The van der Waals surface area contributed by atoms with Crippen LogP contribution in [-0.2, 0) is 13.1 Å². The van der Waals surface area contributed by atoms with E-state index in [1.54, 1.807) is 7.11 Å². The molecule has 0 unspecified atom stereocenters. The number of β-amino-alcohol motifs (C(OH)–C–C–N with tert-alkyl or cyclic N) is 1. The van der Waals surface area contributed by atoms with E-state index < -0.39 is 11.7 Å². The van der Waals surface area contributed by atoms with Crippen LogP contribution in [0, 0.1) is 13.8 Å². The van der Waals surface area contributed by atoms with E-state index in [9.17, 15) is 10.2 Å². The maximum Gasteiger partial charge on any atom is 0.161 e. The second-order valence-corrected chi connectivity index (χ2v) is 9.69. The number of aliphatic hydroxyl groups is 2. The number of likely N-dealkylation sites (tertiary alicyclic amines) is 1. The standard InChI is InChI=1S/C28H37N3O5/c1-21-6-4-7-24(14-21)36-20-28(33)19-30(12-10-27(28)32)18-23-8-9-25(34-3)26(15-23)35-13-5-11-31-17-22(2)16-29-31/h4,6-9,14-17,27,32-33H,5,10-13,18-20H2,1-3H3/t27-,28-/m0/s1. The van der Waals surface area contributed by atoms with E-state index in [1.165, 1.54) is 0 Å². The Hall–Kier alpha value is -3.07. The molecule has 8 nitrogen and oxygen atoms in total. The molecule has 0 bridgehead atoms. The van der Waals surface area contributed by atoms with Crippen LogP contribution in [0.4, 0.5) is 0 Å². The average molecular weight is 496 g/mol. The highest BCUT2D eigenvalue weighted by atomic mass is 16.5. The van der Waals surface area contributed by atoms with Gasteiger partial charge in [-0.15, -0.1) is 0 Å². The third-order valence-corrected chi connectivity index (χ3v) is 6.50. The Balaban J connectivity index is 1.34. The number of aliphatic hydroxyl groups excluding tert-OH is 1. The summed E-state index contributed by atoms with van der Waals surface area (Å²) < 4.78 is 19.3. The molecule has 0 amide bonds. The van der Waals surface area contributed by atoms with Gasteiger partial charge in [0.05, 0.1) is 26.0 Å². The van der Waals surface area contributed by atoms with Gasteiger partial charge in [-0.1, -0.05) is 18.2 Å². The molecule has 1 aliphatic heterocycles. The van der Waals surface area contributed by atoms with Crippen LogP contribution in [0.15, 0.2) is 54.9 Å². The first-order valence-corrected chi connectivity index (χ1v) is 12.5. The number of methoxy groups -OCH3 is 1. The lowest BCUT2D eigenvalue weighted by Gasteiger charge is -2.42. The van der Waals surface area contributed by atoms with Crippen molar-refractivity contribution >= 4 is 0 Å². The molecule has 0 aliphatic carbocycles. The van der Waals surface area contributed by atoms with Crippen LogP contribution in [-0.4, -0.2) is 70.0 Å². The summed E-state index contributed by atoms with van der Waals surface area (Å²) in [7, 11) is 1.63. The zero-order valence-corrected chi connectivity index (χ0v) is 21.4. The quantitative estimate of drug-likeness (QED) is 0.394. The zero-order chi connectivity index (χ0) is 25.5. The molecular formula is C28H37N3O5. The predicted octanol–water partition coefficient (Wildman–Crippen LogP) is 3.35. The fourth-order valence-electron chi connectivity index (χ4n) is 4.52. The molecule has 0 spiro atoms. The van der Waals surface area contributed by atoms with Gasteiger partial charge in [-0.2, -0.15) is 5.10 Å². The summed E-state index contributed by atoms with van der Waals surface area (Å²) >= 11 is 0. The van der Waals surface area contributed by atoms with Crippen LogP contribution in [0.3, 0.4) is 0 Å². The van der Waals surface area contributed by atoms with Gasteiger partial charge in [0, 0.05) is 38.8 Å². The number of rotatable bonds is 11. The van der Waals surface area contributed by atoms with Gasteiger partial charge >= 0.3 is 0 Å². The summed E-state index contributed by atoms with van der Waals surface area (Å²) in [6, 6.07) is 13.6. The first kappa shape index (κ1) is 26.0. The highest BCUT2D eigenvalue weighted by molar-refractivity contribution is 5.43. The predicted molar refractivity (Wildman–Crippen MR) is 138 cm³/mol. The first-order chi connectivity index (χ1) is 17.3. The van der Waals surface area contributed by atoms with Crippen molar-refractivity contribution in [2.75, 3.05) is 33.4 Å². The van der Waals surface area contributed by atoms with Crippen molar-refractivity contribution in [1.82, 2.24) is 14.7 Å². The van der Waals surface area contributed by atoms with E-state index in [0.29, 0.717) is 49.9 Å². The van der Waals surface area contributed by atoms with Crippen LogP contribution in [0.2, 0.25) is 0 Å². The Labute approximate surface area is 213 Å². The van der Waals surface area contributed by atoms with E-state index in [-0.39, 0.29) is 6.61 Å². The van der Waals surface area contributed by atoms with Crippen molar-refractivity contribution in [3.05, 3.63) is 71.5 Å². The number of benzene rings is 2. The second-order valence-electron chi connectivity index (χ2n) is 9.69. The minimum atomic E-state index is -1.35. The topological polar surface area (TPSA) is 89.2 Å². The van der Waals surface area contributed by atoms with Crippen molar-refractivity contribution in [2.24, 2.45) is 0 Å². The average Bonchev–Trinajstić information content (AvgIpc) is 3.28. The van der Waals surface area contributed by atoms with Crippen molar-refractivity contribution in [2.45, 2.75) is 51.5 Å². The number of ether oxygens (including phenoxy) is 3. The molecule has 0 saturated carbocycles. The molecule has 1 fully saturated rings. The lowest BCUT2D eigenvalue weighted by atomic mass is 9.90. The first-order valence-electron chi connectivity index (χ1n) is 12.5. The summed E-state index contributed by atoms with van der Waals surface area (Å²) in [6.45, 7) is 6.99. The Morgan fingerprint density at radius 3 is 2.69 bits per heavy atom. The van der Waals surface area contributed by atoms with Crippen LogP contribution >= 0.6 is 0 Å². The third-order valence-electron chi connectivity index (χ3n) is 6.50. The fourth-order valence-corrected chi connectivity index (χ4v) is 4.52. The van der Waals surface area contributed by atoms with Crippen molar-refractivity contribution in [1.29, 1.82) is 0 Å². The molecule has 2 heterocycles. The Morgan fingerprint density at radius 2 is 1.94 bits per heavy atom. The number of piperidine rings is 1. The molecule has 8 heteroatoms. The summed E-state index contributed by atoms with van der Waals surface area (Å²) in [5.74, 6) is 2.07. The van der Waals surface area contributed by atoms with Crippen molar-refractivity contribution in [3.63, 3.8) is 0 Å². The summed E-state index contributed by atoms with van der Waals surface area (Å²) in [4.78, 5) is 2.14. The number of hydrogen-bond donors (Lipinski definition) is 2. The molecule has 1 saturated heterocycles. The molecule has 2 aromatic carbocycles. The highest BCUT2D eigenvalue weighted by Crippen LogP contribution is 2.30. The van der Waals surface area contributed by atoms with Crippen molar-refractivity contribution < 1.29 is 24.4 Å². The smallest absolute Gasteiger partial charge is 0.161 e. The molecule has 1 aromatic heterocycles. The van der Waals surface area contributed by atoms with E-state index in [4.69, 9.17) is 14.2 Å². The zero-order valence-electron chi connectivity index (χ0n) is 21.4. The van der Waals surface area contributed by atoms with Gasteiger partial charge in [0.15, 0.2) is 11.5 Å². The highest BCUT2D eigenvalue weighted by Gasteiger charge is 2.42. The minimum Gasteiger partial charge on any atom is -0.493 e. The number of hydrogen-bond acceptors (Lipinski definition) is 7. The van der Waals surface area contributed by atoms with E-state index >= 15 is 0 Å². The van der Waals surface area contributed by atoms with Gasteiger partial charge in [0.1, 0.15) is 18.0 Å². The molecule has 3 aromatic rings. The van der Waals surface area contributed by atoms with E-state index in [0.717, 1.165) is 29.7 Å². The number of aryl methyl sites for hydroxylation is 3. The number of nitrogens with zero attached hydrogens (tertiary/aromatic N) is 3. The maximum atomic E-state index is 11.2. The van der Waals surface area contributed by atoms with Crippen LogP contribution < -0.4 is 14.2 Å². The summed E-state index contributed by atoms with van der Waals surface area (Å²) in [5.41, 5.74) is 1.92. The second kappa shape index (κ2) is 11.8. The largest absolute Gasteiger partial charge is 0.493 e. The lowest BCUT2D eigenvalue weighted by molar-refractivity contribution is -0.140. The monoisotopic (exact) mass is 495 g/mol. The lowest BCUT2D eigenvalue weighted by Crippen LogP contribution is -2.59. The number of aromatic nitrogens is 2. The molecule has 4 rings (SSSR count). The Morgan fingerprint density at radius 1 is 1.08 bits per heavy atom. The maximum absolute atomic E-state index is 11.2. The van der Waals surface area contributed by atoms with Crippen molar-refractivity contribution in [3.8, 4) is 17.2 Å². The summed E-state index contributed by atoms with van der Waals surface area (Å²) in [5, 5.41) is 26.1. The molecule has 36 heavy (non-hydrogen) atoms. The van der Waals surface area contributed by atoms with Gasteiger partial charge in [-0.05, 0) is 61.2 Å². The normalized spacial score (nSPS) is 20.3. The van der Waals surface area contributed by atoms with Gasteiger partial charge in [0.2, 0.25) is 0 Å². The van der Waals surface area contributed by atoms with E-state index in [2.05, 4.69) is 10.00 Å². The summed E-state index contributed by atoms with van der Waals surface area (Å²) in [6.07, 6.45) is 4.33. The van der Waals surface area contributed by atoms with Gasteiger partial charge < -0.3 is 24.4 Å². The van der Waals surface area contributed by atoms with Gasteiger partial charge in [-0.3, -0.25) is 9.58 Å².